The number of carboxylic acids is 1. The number of aliphatic hydroxyl groups excluding tert-OH is 1. The van der Waals surface area contributed by atoms with Gasteiger partial charge < -0.3 is 20.3 Å². The number of hydrogen-bond donors (Lipinski definition) is 3. The van der Waals surface area contributed by atoms with Crippen LogP contribution in [-0.4, -0.2) is 48.5 Å². The van der Waals surface area contributed by atoms with Crippen LogP contribution < -0.4 is 5.32 Å². The molecule has 0 rings (SSSR count). The number of aliphatic hydroxyl groups is 1. The maximum Gasteiger partial charge on any atom is 0.334 e. The minimum absolute atomic E-state index is 0.0666. The van der Waals surface area contributed by atoms with E-state index in [1.807, 2.05) is 6.92 Å². The molecule has 0 fully saturated rings. The predicted octanol–water partition coefficient (Wildman–Crippen LogP) is -0.779. The molecule has 0 heterocycles. The molecule has 0 saturated heterocycles. The van der Waals surface area contributed by atoms with E-state index >= 15 is 0 Å². The average Bonchev–Trinajstić information content (AvgIpc) is 2.14. The van der Waals surface area contributed by atoms with E-state index in [2.05, 4.69) is 5.32 Å². The molecule has 88 valence electrons. The molecule has 0 saturated carbocycles. The topological polar surface area (TPSA) is 95.9 Å². The third kappa shape index (κ3) is 6.87. The molecule has 0 aliphatic carbocycles. The first-order valence-electron chi connectivity index (χ1n) is 4.63. The number of methoxy groups -OCH3 is 1. The lowest BCUT2D eigenvalue weighted by Crippen LogP contribution is -2.37. The quantitative estimate of drug-likeness (QED) is 0.522. The van der Waals surface area contributed by atoms with Gasteiger partial charge >= 0.3 is 5.97 Å². The second kappa shape index (κ2) is 7.19. The molecule has 15 heavy (non-hydrogen) atoms. The van der Waals surface area contributed by atoms with Gasteiger partial charge in [-0.15, -0.1) is 0 Å². The molecular formula is C9H17NO5. The number of rotatable bonds is 7. The monoisotopic (exact) mass is 219 g/mol. The Labute approximate surface area is 88.2 Å². The molecule has 0 aliphatic heterocycles. The molecule has 0 bridgehead atoms. The van der Waals surface area contributed by atoms with E-state index in [4.69, 9.17) is 14.9 Å². The highest BCUT2D eigenvalue weighted by Crippen LogP contribution is 2.01. The normalized spacial score (nSPS) is 14.3. The van der Waals surface area contributed by atoms with Crippen LogP contribution in [0.3, 0.4) is 0 Å². The molecule has 0 aromatic heterocycles. The van der Waals surface area contributed by atoms with Crippen LogP contribution in [0.4, 0.5) is 0 Å². The standard InChI is InChI=1S/C9H17NO5/c1-6(5-15-2)3-8(12)10-4-7(11)9(13)14/h6-7,11H,3-5H2,1-2H3,(H,10,12)(H,13,14). The molecule has 6 heteroatoms. The summed E-state index contributed by atoms with van der Waals surface area (Å²) in [6, 6.07) is 0. The van der Waals surface area contributed by atoms with Gasteiger partial charge in [-0.25, -0.2) is 4.79 Å². The maximum absolute atomic E-state index is 11.2. The van der Waals surface area contributed by atoms with Crippen molar-refractivity contribution in [3.05, 3.63) is 0 Å². The first-order valence-corrected chi connectivity index (χ1v) is 4.63. The number of carbonyl (C=O) groups is 2. The van der Waals surface area contributed by atoms with Crippen molar-refractivity contribution in [2.45, 2.75) is 19.4 Å². The van der Waals surface area contributed by atoms with Gasteiger partial charge in [-0.05, 0) is 5.92 Å². The summed E-state index contributed by atoms with van der Waals surface area (Å²) in [5, 5.41) is 19.5. The number of carboxylic acid groups (broad SMARTS) is 1. The number of nitrogens with one attached hydrogen (secondary N) is 1. The average molecular weight is 219 g/mol. The second-order valence-corrected chi connectivity index (χ2v) is 3.42. The molecule has 3 N–H and O–H groups in total. The molecule has 0 aromatic carbocycles. The van der Waals surface area contributed by atoms with E-state index in [9.17, 15) is 9.59 Å². The van der Waals surface area contributed by atoms with Gasteiger partial charge in [-0.3, -0.25) is 4.79 Å². The number of ether oxygens (including phenoxy) is 1. The molecular weight excluding hydrogens is 202 g/mol. The van der Waals surface area contributed by atoms with Gasteiger partial charge in [-0.1, -0.05) is 6.92 Å². The summed E-state index contributed by atoms with van der Waals surface area (Å²) < 4.78 is 4.84. The summed E-state index contributed by atoms with van der Waals surface area (Å²) in [5.74, 6) is -1.57. The van der Waals surface area contributed by atoms with E-state index in [1.165, 1.54) is 0 Å². The van der Waals surface area contributed by atoms with E-state index < -0.39 is 12.1 Å². The van der Waals surface area contributed by atoms with Crippen molar-refractivity contribution in [2.75, 3.05) is 20.3 Å². The molecule has 0 aromatic rings. The largest absolute Gasteiger partial charge is 0.479 e. The number of amides is 1. The number of hydrogen-bond acceptors (Lipinski definition) is 4. The van der Waals surface area contributed by atoms with Crippen molar-refractivity contribution in [1.82, 2.24) is 5.32 Å². The molecule has 2 unspecified atom stereocenters. The lowest BCUT2D eigenvalue weighted by Gasteiger charge is -2.11. The SMILES string of the molecule is COCC(C)CC(=O)NCC(O)C(=O)O. The van der Waals surface area contributed by atoms with Gasteiger partial charge in [0, 0.05) is 20.1 Å². The Morgan fingerprint density at radius 3 is 2.53 bits per heavy atom. The van der Waals surface area contributed by atoms with Gasteiger partial charge in [0.05, 0.1) is 6.54 Å². The van der Waals surface area contributed by atoms with Gasteiger partial charge in [0.1, 0.15) is 0 Å². The van der Waals surface area contributed by atoms with Crippen LogP contribution in [0.2, 0.25) is 0 Å². The minimum Gasteiger partial charge on any atom is -0.479 e. The summed E-state index contributed by atoms with van der Waals surface area (Å²) in [4.78, 5) is 21.4. The van der Waals surface area contributed by atoms with Gasteiger partial charge in [-0.2, -0.15) is 0 Å². The first kappa shape index (κ1) is 13.9. The zero-order chi connectivity index (χ0) is 11.8. The van der Waals surface area contributed by atoms with Crippen LogP contribution in [0.25, 0.3) is 0 Å². The van der Waals surface area contributed by atoms with E-state index in [1.54, 1.807) is 7.11 Å². The third-order valence-electron chi connectivity index (χ3n) is 1.76. The Hall–Kier alpha value is -1.14. The van der Waals surface area contributed by atoms with Crippen molar-refractivity contribution >= 4 is 11.9 Å². The van der Waals surface area contributed by atoms with Gasteiger partial charge in [0.25, 0.3) is 0 Å². The van der Waals surface area contributed by atoms with Crippen LogP contribution in [0, 0.1) is 5.92 Å². The fraction of sp³-hybridized carbons (Fsp3) is 0.778. The number of aliphatic carboxylic acids is 1. The zero-order valence-electron chi connectivity index (χ0n) is 8.90. The second-order valence-electron chi connectivity index (χ2n) is 3.42. The van der Waals surface area contributed by atoms with E-state index in [0.29, 0.717) is 6.61 Å². The summed E-state index contributed by atoms with van der Waals surface area (Å²) in [7, 11) is 1.54. The fourth-order valence-corrected chi connectivity index (χ4v) is 1.03. The van der Waals surface area contributed by atoms with Crippen LogP contribution in [0.1, 0.15) is 13.3 Å². The Kier molecular flexibility index (Phi) is 6.64. The summed E-state index contributed by atoms with van der Waals surface area (Å²) in [6.07, 6.45) is -1.30. The van der Waals surface area contributed by atoms with Crippen LogP contribution in [0.5, 0.6) is 0 Å². The Balaban J connectivity index is 3.70. The van der Waals surface area contributed by atoms with Gasteiger partial charge in [0.2, 0.25) is 5.91 Å². The maximum atomic E-state index is 11.2. The molecule has 0 radical (unpaired) electrons. The van der Waals surface area contributed by atoms with Gasteiger partial charge in [0.15, 0.2) is 6.10 Å². The lowest BCUT2D eigenvalue weighted by atomic mass is 10.1. The highest BCUT2D eigenvalue weighted by atomic mass is 16.5. The molecule has 2 atom stereocenters. The predicted molar refractivity (Wildman–Crippen MR) is 52.3 cm³/mol. The van der Waals surface area contributed by atoms with Crippen LogP contribution in [-0.2, 0) is 14.3 Å². The molecule has 0 aliphatic rings. The Bertz CT molecular complexity index is 219. The third-order valence-corrected chi connectivity index (χ3v) is 1.76. The number of carbonyl (C=O) groups excluding carboxylic acids is 1. The van der Waals surface area contributed by atoms with Crippen molar-refractivity contribution < 1.29 is 24.5 Å². The fourth-order valence-electron chi connectivity index (χ4n) is 1.03. The molecule has 0 spiro atoms. The summed E-state index contributed by atoms with van der Waals surface area (Å²) in [5.41, 5.74) is 0. The molecule has 1 amide bonds. The van der Waals surface area contributed by atoms with Crippen molar-refractivity contribution in [1.29, 1.82) is 0 Å². The van der Waals surface area contributed by atoms with E-state index in [0.717, 1.165) is 0 Å². The highest BCUT2D eigenvalue weighted by Gasteiger charge is 2.15. The zero-order valence-corrected chi connectivity index (χ0v) is 8.90. The molecule has 6 nitrogen and oxygen atoms in total. The summed E-state index contributed by atoms with van der Waals surface area (Å²) >= 11 is 0. The van der Waals surface area contributed by atoms with Crippen LogP contribution >= 0.6 is 0 Å². The van der Waals surface area contributed by atoms with Crippen LogP contribution in [0.15, 0.2) is 0 Å². The minimum atomic E-state index is -1.55. The smallest absolute Gasteiger partial charge is 0.334 e. The Morgan fingerprint density at radius 1 is 1.47 bits per heavy atom. The Morgan fingerprint density at radius 2 is 2.07 bits per heavy atom. The highest BCUT2D eigenvalue weighted by molar-refractivity contribution is 5.78. The first-order chi connectivity index (χ1) is 6.97. The van der Waals surface area contributed by atoms with Crippen molar-refractivity contribution in [3.63, 3.8) is 0 Å². The van der Waals surface area contributed by atoms with Crippen molar-refractivity contribution in [2.24, 2.45) is 5.92 Å². The van der Waals surface area contributed by atoms with E-state index in [-0.39, 0.29) is 24.8 Å². The lowest BCUT2D eigenvalue weighted by molar-refractivity contribution is -0.146. The summed E-state index contributed by atoms with van der Waals surface area (Å²) in [6.45, 7) is 2.04. The van der Waals surface area contributed by atoms with Crippen molar-refractivity contribution in [3.8, 4) is 0 Å².